The summed E-state index contributed by atoms with van der Waals surface area (Å²) < 4.78 is 51.3. The molecule has 0 unspecified atom stereocenters. The predicted octanol–water partition coefficient (Wildman–Crippen LogP) is 1.56. The Kier molecular flexibility index (Phi) is 3.31. The molecule has 0 atom stereocenters. The van der Waals surface area contributed by atoms with Crippen LogP contribution in [-0.2, 0) is 6.67 Å². The molecule has 0 radical (unpaired) electrons. The van der Waals surface area contributed by atoms with Crippen LogP contribution in [0.2, 0.25) is 0 Å². The number of nitrogens with one attached hydrogen (secondary N) is 1. The number of pyridine rings is 1. The molecule has 0 fully saturated rings. The van der Waals surface area contributed by atoms with Gasteiger partial charge in [0.2, 0.25) is 5.43 Å². The normalized spacial score (nSPS) is 11.2. The summed E-state index contributed by atoms with van der Waals surface area (Å²) in [5, 5.41) is 0. The van der Waals surface area contributed by atoms with E-state index in [9.17, 15) is 27.2 Å². The maximum Gasteiger partial charge on any atom is 0.573 e. The van der Waals surface area contributed by atoms with Crippen LogP contribution >= 0.6 is 0 Å². The highest BCUT2D eigenvalue weighted by atomic mass is 19.4. The van der Waals surface area contributed by atoms with E-state index in [1.807, 2.05) is 4.98 Å². The van der Waals surface area contributed by atoms with Crippen molar-refractivity contribution in [1.82, 2.24) is 4.98 Å². The van der Waals surface area contributed by atoms with Crippen LogP contribution in [0, 0.1) is 0 Å². The summed E-state index contributed by atoms with van der Waals surface area (Å²) in [6, 6.07) is 0. The maximum absolute atomic E-state index is 12.3. The average molecular weight is 239 g/mol. The van der Waals surface area contributed by atoms with Gasteiger partial charge in [0.05, 0.1) is 11.3 Å². The lowest BCUT2D eigenvalue weighted by molar-refractivity contribution is -0.275. The number of hydrogen-bond acceptors (Lipinski definition) is 3. The maximum atomic E-state index is 12.3. The summed E-state index contributed by atoms with van der Waals surface area (Å²) in [5.74, 6) is -1.25. The van der Waals surface area contributed by atoms with Gasteiger partial charge in [0.1, 0.15) is 6.67 Å². The quantitative estimate of drug-likeness (QED) is 0.643. The van der Waals surface area contributed by atoms with Crippen LogP contribution in [0.1, 0.15) is 16.1 Å². The van der Waals surface area contributed by atoms with E-state index < -0.39 is 35.5 Å². The van der Waals surface area contributed by atoms with Gasteiger partial charge in [-0.15, -0.1) is 13.2 Å². The van der Waals surface area contributed by atoms with Gasteiger partial charge >= 0.3 is 6.36 Å². The van der Waals surface area contributed by atoms with E-state index in [4.69, 9.17) is 0 Å². The number of aromatic nitrogens is 1. The molecule has 1 rings (SSSR count). The summed E-state index contributed by atoms with van der Waals surface area (Å²) >= 11 is 0. The molecule has 1 heterocycles. The van der Waals surface area contributed by atoms with E-state index in [0.29, 0.717) is 0 Å². The average Bonchev–Trinajstić information content (AvgIpc) is 2.19. The first-order valence-corrected chi connectivity index (χ1v) is 3.90. The summed E-state index contributed by atoms with van der Waals surface area (Å²) in [4.78, 5) is 23.5. The zero-order chi connectivity index (χ0) is 12.3. The molecule has 0 aliphatic rings. The number of aromatic amines is 1. The fraction of sp³-hybridized carbons (Fsp3) is 0.250. The second-order valence-electron chi connectivity index (χ2n) is 2.68. The van der Waals surface area contributed by atoms with Gasteiger partial charge in [-0.3, -0.25) is 9.59 Å². The molecule has 0 saturated heterocycles. The molecule has 0 saturated carbocycles. The lowest BCUT2D eigenvalue weighted by Crippen LogP contribution is -2.25. The van der Waals surface area contributed by atoms with Crippen molar-refractivity contribution >= 4 is 6.29 Å². The molecule has 88 valence electrons. The Morgan fingerprint density at radius 2 is 2.06 bits per heavy atom. The van der Waals surface area contributed by atoms with Crippen LogP contribution in [-0.4, -0.2) is 17.6 Å². The number of halogens is 4. The second-order valence-corrected chi connectivity index (χ2v) is 2.68. The molecule has 8 heteroatoms. The van der Waals surface area contributed by atoms with Crippen LogP contribution in [0.25, 0.3) is 0 Å². The predicted molar refractivity (Wildman–Crippen MR) is 43.9 cm³/mol. The monoisotopic (exact) mass is 239 g/mol. The van der Waals surface area contributed by atoms with Gasteiger partial charge in [-0.05, 0) is 0 Å². The molecule has 1 aromatic rings. The summed E-state index contributed by atoms with van der Waals surface area (Å²) in [6.45, 7) is -1.35. The number of rotatable bonds is 3. The van der Waals surface area contributed by atoms with Crippen molar-refractivity contribution in [1.29, 1.82) is 0 Å². The lowest BCUT2D eigenvalue weighted by atomic mass is 10.2. The molecule has 0 amide bonds. The van der Waals surface area contributed by atoms with Crippen LogP contribution in [0.3, 0.4) is 0 Å². The third kappa shape index (κ3) is 2.59. The highest BCUT2D eigenvalue weighted by Gasteiger charge is 2.34. The Morgan fingerprint density at radius 1 is 1.44 bits per heavy atom. The van der Waals surface area contributed by atoms with Crippen molar-refractivity contribution in [3.8, 4) is 5.75 Å². The molecule has 0 bridgehead atoms. The fourth-order valence-corrected chi connectivity index (χ4v) is 0.975. The number of H-pyrrole nitrogens is 1. The SMILES string of the molecule is O=Cc1c[nH]c(CF)c(OC(F)(F)F)c1=O. The summed E-state index contributed by atoms with van der Waals surface area (Å²) in [5.41, 5.74) is -2.55. The first-order valence-electron chi connectivity index (χ1n) is 3.90. The number of hydrogen-bond donors (Lipinski definition) is 1. The highest BCUT2D eigenvalue weighted by Crippen LogP contribution is 2.22. The highest BCUT2D eigenvalue weighted by molar-refractivity contribution is 5.74. The standard InChI is InChI=1S/C8H5F4NO3/c9-1-5-7(16-8(10,11)12)6(15)4(3-14)2-13-5/h2-3H,1H2,(H,13,15). The smallest absolute Gasteiger partial charge is 0.400 e. The molecule has 4 nitrogen and oxygen atoms in total. The van der Waals surface area contributed by atoms with E-state index in [2.05, 4.69) is 4.74 Å². The molecule has 1 aromatic heterocycles. The number of carbonyl (C=O) groups is 1. The first kappa shape index (κ1) is 12.2. The number of aldehydes is 1. The number of ether oxygens (including phenoxy) is 1. The molecule has 0 spiro atoms. The zero-order valence-electron chi connectivity index (χ0n) is 7.60. The van der Waals surface area contributed by atoms with Crippen LogP contribution in [0.5, 0.6) is 5.75 Å². The molecule has 1 N–H and O–H groups in total. The van der Waals surface area contributed by atoms with Crippen molar-refractivity contribution in [3.63, 3.8) is 0 Å². The molecular weight excluding hydrogens is 234 g/mol. The van der Waals surface area contributed by atoms with Crippen LogP contribution in [0.15, 0.2) is 11.0 Å². The van der Waals surface area contributed by atoms with Crippen LogP contribution in [0.4, 0.5) is 17.6 Å². The molecule has 0 aromatic carbocycles. The van der Waals surface area contributed by atoms with Gasteiger partial charge in [0, 0.05) is 6.20 Å². The van der Waals surface area contributed by atoms with E-state index >= 15 is 0 Å². The van der Waals surface area contributed by atoms with Gasteiger partial charge < -0.3 is 9.72 Å². The molecular formula is C8H5F4NO3. The van der Waals surface area contributed by atoms with Crippen molar-refractivity contribution in [2.75, 3.05) is 0 Å². The summed E-state index contributed by atoms with van der Waals surface area (Å²) in [6.07, 6.45) is -4.27. The lowest BCUT2D eigenvalue weighted by Gasteiger charge is -2.10. The van der Waals surface area contributed by atoms with Crippen molar-refractivity contribution < 1.29 is 27.1 Å². The van der Waals surface area contributed by atoms with Gasteiger partial charge in [0.15, 0.2) is 12.0 Å². The van der Waals surface area contributed by atoms with E-state index in [1.165, 1.54) is 0 Å². The molecule has 0 aliphatic heterocycles. The Bertz CT molecular complexity index is 452. The minimum absolute atomic E-state index is 0.0457. The third-order valence-corrected chi connectivity index (χ3v) is 1.62. The second kappa shape index (κ2) is 4.33. The van der Waals surface area contributed by atoms with E-state index in [-0.39, 0.29) is 6.29 Å². The minimum atomic E-state index is -5.13. The zero-order valence-corrected chi connectivity index (χ0v) is 7.60. The Morgan fingerprint density at radius 3 is 2.50 bits per heavy atom. The Hall–Kier alpha value is -1.86. The van der Waals surface area contributed by atoms with Gasteiger partial charge in [-0.25, -0.2) is 4.39 Å². The van der Waals surface area contributed by atoms with Crippen LogP contribution < -0.4 is 10.2 Å². The minimum Gasteiger partial charge on any atom is -0.400 e. The number of alkyl halides is 4. The van der Waals surface area contributed by atoms with Crippen molar-refractivity contribution in [2.45, 2.75) is 13.0 Å². The third-order valence-electron chi connectivity index (χ3n) is 1.62. The number of carbonyl (C=O) groups excluding carboxylic acids is 1. The van der Waals surface area contributed by atoms with Gasteiger partial charge in [-0.1, -0.05) is 0 Å². The van der Waals surface area contributed by atoms with Crippen molar-refractivity contribution in [2.24, 2.45) is 0 Å². The van der Waals surface area contributed by atoms with Crippen molar-refractivity contribution in [3.05, 3.63) is 27.7 Å². The van der Waals surface area contributed by atoms with Gasteiger partial charge in [0.25, 0.3) is 0 Å². The summed E-state index contributed by atoms with van der Waals surface area (Å²) in [7, 11) is 0. The van der Waals surface area contributed by atoms with E-state index in [1.54, 1.807) is 0 Å². The fourth-order valence-electron chi connectivity index (χ4n) is 0.975. The Balaban J connectivity index is 3.32. The molecule has 0 aliphatic carbocycles. The van der Waals surface area contributed by atoms with Gasteiger partial charge in [-0.2, -0.15) is 0 Å². The Labute approximate surface area is 85.8 Å². The first-order chi connectivity index (χ1) is 7.39. The topological polar surface area (TPSA) is 59.2 Å². The largest absolute Gasteiger partial charge is 0.573 e. The van der Waals surface area contributed by atoms with E-state index in [0.717, 1.165) is 6.20 Å². The molecule has 16 heavy (non-hydrogen) atoms.